The summed E-state index contributed by atoms with van der Waals surface area (Å²) < 4.78 is 19.1. The number of nitrogens with zero attached hydrogens (tertiary/aromatic N) is 2. The fourth-order valence-corrected chi connectivity index (χ4v) is 3.53. The molecule has 0 fully saturated rings. The highest BCUT2D eigenvalue weighted by molar-refractivity contribution is 7.13. The van der Waals surface area contributed by atoms with Crippen molar-refractivity contribution in [2.45, 2.75) is 12.8 Å². The second-order valence-electron chi connectivity index (χ2n) is 6.91. The third kappa shape index (κ3) is 6.66. The summed E-state index contributed by atoms with van der Waals surface area (Å²) in [6, 6.07) is 13.6. The first-order valence-electron chi connectivity index (χ1n) is 9.37. The second-order valence-corrected chi connectivity index (χ2v) is 7.77. The van der Waals surface area contributed by atoms with E-state index in [-0.39, 0.29) is 18.1 Å². The molecule has 7 heteroatoms. The van der Waals surface area contributed by atoms with Crippen molar-refractivity contribution in [2.75, 3.05) is 32.6 Å². The maximum atomic E-state index is 13.4. The smallest absolute Gasteiger partial charge is 0.230 e. The zero-order valence-electron chi connectivity index (χ0n) is 16.5. The number of thiazole rings is 1. The lowest BCUT2D eigenvalue weighted by atomic mass is 10.2. The predicted molar refractivity (Wildman–Crippen MR) is 115 cm³/mol. The zero-order valence-corrected chi connectivity index (χ0v) is 17.3. The minimum atomic E-state index is -0.304. The first-order chi connectivity index (χ1) is 14.0. The van der Waals surface area contributed by atoms with Crippen LogP contribution in [-0.2, 0) is 11.2 Å². The number of halogens is 1. The molecule has 5 nitrogen and oxygen atoms in total. The minimum Gasteiger partial charge on any atom is -0.494 e. The molecule has 0 saturated heterocycles. The Bertz CT molecular complexity index is 941. The predicted octanol–water partition coefficient (Wildman–Crippen LogP) is 4.46. The molecule has 0 aliphatic rings. The molecule has 152 valence electrons. The Kier molecular flexibility index (Phi) is 7.32. The number of benzene rings is 2. The molecule has 29 heavy (non-hydrogen) atoms. The summed E-state index contributed by atoms with van der Waals surface area (Å²) in [5.74, 6) is 0.323. The van der Waals surface area contributed by atoms with Crippen molar-refractivity contribution < 1.29 is 13.9 Å². The molecular formula is C22H24FN3O2S. The number of amides is 1. The number of ether oxygens (including phenoxy) is 1. The van der Waals surface area contributed by atoms with E-state index < -0.39 is 0 Å². The molecule has 0 bridgehead atoms. The van der Waals surface area contributed by atoms with Gasteiger partial charge in [0.05, 0.1) is 18.7 Å². The van der Waals surface area contributed by atoms with Gasteiger partial charge in [0, 0.05) is 23.2 Å². The van der Waals surface area contributed by atoms with Crippen LogP contribution in [0.4, 0.5) is 10.1 Å². The van der Waals surface area contributed by atoms with Crippen molar-refractivity contribution in [3.05, 3.63) is 65.4 Å². The molecule has 0 aliphatic carbocycles. The molecule has 1 N–H and O–H groups in total. The van der Waals surface area contributed by atoms with E-state index >= 15 is 0 Å². The van der Waals surface area contributed by atoms with Gasteiger partial charge in [0.25, 0.3) is 0 Å². The Balaban J connectivity index is 1.49. The van der Waals surface area contributed by atoms with Gasteiger partial charge in [-0.25, -0.2) is 9.37 Å². The van der Waals surface area contributed by atoms with E-state index in [0.29, 0.717) is 28.6 Å². The molecule has 3 rings (SSSR count). The molecular weight excluding hydrogens is 389 g/mol. The summed E-state index contributed by atoms with van der Waals surface area (Å²) in [5.41, 5.74) is 2.08. The molecule has 2 aromatic carbocycles. The maximum absolute atomic E-state index is 13.4. The maximum Gasteiger partial charge on any atom is 0.230 e. The van der Waals surface area contributed by atoms with E-state index in [0.717, 1.165) is 18.7 Å². The van der Waals surface area contributed by atoms with Gasteiger partial charge in [-0.15, -0.1) is 11.3 Å². The van der Waals surface area contributed by atoms with Crippen LogP contribution in [0.5, 0.6) is 5.75 Å². The lowest BCUT2D eigenvalue weighted by Gasteiger charge is -2.11. The monoisotopic (exact) mass is 413 g/mol. The van der Waals surface area contributed by atoms with E-state index in [2.05, 4.69) is 15.2 Å². The minimum absolute atomic E-state index is 0.152. The number of carbonyl (C=O) groups excluding carboxylic acids is 1. The average Bonchev–Trinajstić information content (AvgIpc) is 3.15. The first-order valence-corrected chi connectivity index (χ1v) is 10.3. The molecule has 0 aliphatic heterocycles. The van der Waals surface area contributed by atoms with Crippen molar-refractivity contribution in [3.63, 3.8) is 0 Å². The van der Waals surface area contributed by atoms with Gasteiger partial charge < -0.3 is 15.0 Å². The highest BCUT2D eigenvalue weighted by Gasteiger charge is 2.10. The van der Waals surface area contributed by atoms with Gasteiger partial charge in [-0.05, 0) is 56.9 Å². The highest BCUT2D eigenvalue weighted by atomic mass is 32.1. The number of rotatable bonds is 9. The Morgan fingerprint density at radius 2 is 2.00 bits per heavy atom. The second kappa shape index (κ2) is 10.1. The van der Waals surface area contributed by atoms with Gasteiger partial charge in [-0.1, -0.05) is 12.1 Å². The summed E-state index contributed by atoms with van der Waals surface area (Å²) >= 11 is 1.40. The quantitative estimate of drug-likeness (QED) is 0.526. The van der Waals surface area contributed by atoms with Crippen molar-refractivity contribution in [3.8, 4) is 16.3 Å². The summed E-state index contributed by atoms with van der Waals surface area (Å²) in [6.07, 6.45) is 1.12. The van der Waals surface area contributed by atoms with Crippen LogP contribution >= 0.6 is 11.3 Å². The number of hydrogen-bond acceptors (Lipinski definition) is 5. The molecule has 0 unspecified atom stereocenters. The number of carbonyl (C=O) groups is 1. The molecule has 0 spiro atoms. The van der Waals surface area contributed by atoms with Gasteiger partial charge >= 0.3 is 0 Å². The fraction of sp³-hybridized carbons (Fsp3) is 0.273. The largest absolute Gasteiger partial charge is 0.494 e. The van der Waals surface area contributed by atoms with Crippen LogP contribution in [0, 0.1) is 5.82 Å². The van der Waals surface area contributed by atoms with Gasteiger partial charge in [-0.2, -0.15) is 0 Å². The van der Waals surface area contributed by atoms with E-state index in [9.17, 15) is 9.18 Å². The Hall–Kier alpha value is -2.77. The Morgan fingerprint density at radius 3 is 2.72 bits per heavy atom. The van der Waals surface area contributed by atoms with E-state index in [4.69, 9.17) is 4.74 Å². The molecule has 0 radical (unpaired) electrons. The molecule has 0 atom stereocenters. The van der Waals surface area contributed by atoms with E-state index in [1.54, 1.807) is 12.1 Å². The van der Waals surface area contributed by atoms with Gasteiger partial charge in [0.2, 0.25) is 5.91 Å². The lowest BCUT2D eigenvalue weighted by molar-refractivity contribution is -0.115. The van der Waals surface area contributed by atoms with Crippen molar-refractivity contribution in [2.24, 2.45) is 0 Å². The zero-order chi connectivity index (χ0) is 20.6. The van der Waals surface area contributed by atoms with Crippen molar-refractivity contribution >= 4 is 22.9 Å². The van der Waals surface area contributed by atoms with E-state index in [1.165, 1.54) is 23.5 Å². The van der Waals surface area contributed by atoms with E-state index in [1.807, 2.05) is 43.7 Å². The number of hydrogen-bond donors (Lipinski definition) is 1. The van der Waals surface area contributed by atoms with Crippen LogP contribution < -0.4 is 10.1 Å². The number of aromatic nitrogens is 1. The van der Waals surface area contributed by atoms with Gasteiger partial charge in [0.1, 0.15) is 16.6 Å². The molecule has 1 heterocycles. The lowest BCUT2D eigenvalue weighted by Crippen LogP contribution is -2.15. The molecule has 1 aromatic heterocycles. The summed E-state index contributed by atoms with van der Waals surface area (Å²) in [5, 5.41) is 5.38. The summed E-state index contributed by atoms with van der Waals surface area (Å²) in [7, 11) is 4.07. The SMILES string of the molecule is CN(C)CCCOc1ccc(NC(=O)Cc2csc(-c3cccc(F)c3)n2)cc1. The molecule has 0 saturated carbocycles. The Labute approximate surface area is 174 Å². The van der Waals surface area contributed by atoms with Crippen LogP contribution in [0.1, 0.15) is 12.1 Å². The van der Waals surface area contributed by atoms with Crippen molar-refractivity contribution in [1.82, 2.24) is 9.88 Å². The van der Waals surface area contributed by atoms with Gasteiger partial charge in [-0.3, -0.25) is 4.79 Å². The van der Waals surface area contributed by atoms with Crippen LogP contribution in [0.25, 0.3) is 10.6 Å². The first kappa shape index (κ1) is 21.0. The van der Waals surface area contributed by atoms with Gasteiger partial charge in [0.15, 0.2) is 0 Å². The van der Waals surface area contributed by atoms with Crippen LogP contribution in [0.3, 0.4) is 0 Å². The van der Waals surface area contributed by atoms with Crippen LogP contribution in [0.2, 0.25) is 0 Å². The highest BCUT2D eigenvalue weighted by Crippen LogP contribution is 2.24. The normalized spacial score (nSPS) is 10.9. The summed E-state index contributed by atoms with van der Waals surface area (Å²) in [4.78, 5) is 18.9. The average molecular weight is 414 g/mol. The standard InChI is InChI=1S/C22H24FN3O2S/c1-26(2)11-4-12-28-20-9-7-18(8-10-20)24-21(27)14-19-15-29-22(25-19)16-5-3-6-17(23)13-16/h3,5-10,13,15H,4,11-12,14H2,1-2H3,(H,24,27). The van der Waals surface area contributed by atoms with Crippen LogP contribution in [0.15, 0.2) is 53.9 Å². The number of nitrogens with one attached hydrogen (secondary N) is 1. The van der Waals surface area contributed by atoms with Crippen molar-refractivity contribution in [1.29, 1.82) is 0 Å². The van der Waals surface area contributed by atoms with Crippen LogP contribution in [-0.4, -0.2) is 43.0 Å². The topological polar surface area (TPSA) is 54.5 Å². The summed E-state index contributed by atoms with van der Waals surface area (Å²) in [6.45, 7) is 1.63. The number of anilines is 1. The molecule has 3 aromatic rings. The third-order valence-corrected chi connectivity index (χ3v) is 5.06. The Morgan fingerprint density at radius 1 is 1.21 bits per heavy atom. The molecule has 1 amide bonds. The fourth-order valence-electron chi connectivity index (χ4n) is 2.72. The third-order valence-electron chi connectivity index (χ3n) is 4.12.